The van der Waals surface area contributed by atoms with Gasteiger partial charge in [-0.2, -0.15) is 0 Å². The largest absolute Gasteiger partial charge is 0.381 e. The molecule has 0 atom stereocenters. The van der Waals surface area contributed by atoms with Crippen molar-refractivity contribution >= 4 is 5.96 Å². The molecule has 0 aromatic rings. The first-order chi connectivity index (χ1) is 9.27. The number of ether oxygens (including phenoxy) is 2. The molecule has 0 unspecified atom stereocenters. The van der Waals surface area contributed by atoms with Crippen LogP contribution >= 0.6 is 0 Å². The lowest BCUT2D eigenvalue weighted by Crippen LogP contribution is -2.41. The Kier molecular flexibility index (Phi) is 8.58. The van der Waals surface area contributed by atoms with Gasteiger partial charge in [0.1, 0.15) is 0 Å². The monoisotopic (exact) mass is 271 g/mol. The van der Waals surface area contributed by atoms with Gasteiger partial charge in [-0.1, -0.05) is 0 Å². The van der Waals surface area contributed by atoms with Crippen LogP contribution in [0.1, 0.15) is 26.2 Å². The minimum absolute atomic E-state index is 0.726. The molecule has 0 bridgehead atoms. The highest BCUT2D eigenvalue weighted by molar-refractivity contribution is 5.79. The summed E-state index contributed by atoms with van der Waals surface area (Å²) in [5.41, 5.74) is 0. The predicted molar refractivity (Wildman–Crippen MR) is 78.6 cm³/mol. The van der Waals surface area contributed by atoms with Gasteiger partial charge in [0, 0.05) is 47.0 Å². The summed E-state index contributed by atoms with van der Waals surface area (Å²) in [5.74, 6) is 1.75. The lowest BCUT2D eigenvalue weighted by atomic mass is 9.96. The van der Waals surface area contributed by atoms with Crippen LogP contribution < -0.4 is 5.32 Å². The van der Waals surface area contributed by atoms with Crippen molar-refractivity contribution in [2.45, 2.75) is 26.2 Å². The third-order valence-corrected chi connectivity index (χ3v) is 3.52. The topological polar surface area (TPSA) is 46.1 Å². The van der Waals surface area contributed by atoms with E-state index in [4.69, 9.17) is 9.47 Å². The molecule has 5 heteroatoms. The van der Waals surface area contributed by atoms with E-state index < -0.39 is 0 Å². The van der Waals surface area contributed by atoms with Crippen LogP contribution in [0.5, 0.6) is 0 Å². The average Bonchev–Trinajstić information content (AvgIpc) is 2.46. The highest BCUT2D eigenvalue weighted by Gasteiger charge is 2.15. The summed E-state index contributed by atoms with van der Waals surface area (Å²) in [7, 11) is 3.92. The second-order valence-corrected chi connectivity index (χ2v) is 4.94. The fourth-order valence-corrected chi connectivity index (χ4v) is 2.28. The lowest BCUT2D eigenvalue weighted by molar-refractivity contribution is 0.0625. The second-order valence-electron chi connectivity index (χ2n) is 4.94. The maximum absolute atomic E-state index is 5.39. The van der Waals surface area contributed by atoms with Crippen molar-refractivity contribution in [1.29, 1.82) is 0 Å². The first-order valence-electron chi connectivity index (χ1n) is 7.35. The first kappa shape index (κ1) is 16.2. The second kappa shape index (κ2) is 10.0. The smallest absolute Gasteiger partial charge is 0.193 e. The number of nitrogens with one attached hydrogen (secondary N) is 1. The van der Waals surface area contributed by atoms with Gasteiger partial charge in [0.25, 0.3) is 0 Å². The summed E-state index contributed by atoms with van der Waals surface area (Å²) in [6, 6.07) is 0. The molecule has 112 valence electrons. The van der Waals surface area contributed by atoms with Crippen LogP contribution in [-0.4, -0.2) is 64.5 Å². The quantitative estimate of drug-likeness (QED) is 0.431. The zero-order valence-corrected chi connectivity index (χ0v) is 12.7. The molecule has 0 amide bonds. The molecule has 0 aromatic heterocycles. The van der Waals surface area contributed by atoms with E-state index in [2.05, 4.69) is 22.3 Å². The summed E-state index contributed by atoms with van der Waals surface area (Å²) in [4.78, 5) is 6.50. The maximum Gasteiger partial charge on any atom is 0.193 e. The van der Waals surface area contributed by atoms with Crippen molar-refractivity contribution in [2.24, 2.45) is 10.9 Å². The van der Waals surface area contributed by atoms with Crippen molar-refractivity contribution in [3.8, 4) is 0 Å². The summed E-state index contributed by atoms with van der Waals surface area (Å²) < 4.78 is 10.7. The van der Waals surface area contributed by atoms with Crippen LogP contribution in [0.2, 0.25) is 0 Å². The molecule has 0 aliphatic carbocycles. The van der Waals surface area contributed by atoms with Crippen LogP contribution in [0.25, 0.3) is 0 Å². The molecular weight excluding hydrogens is 242 g/mol. The fraction of sp³-hybridized carbons (Fsp3) is 0.929. The number of aliphatic imine (C=N–C) groups is 1. The molecule has 1 fully saturated rings. The molecule has 1 heterocycles. The Balaban J connectivity index is 2.19. The van der Waals surface area contributed by atoms with Crippen molar-refractivity contribution in [2.75, 3.05) is 53.6 Å². The van der Waals surface area contributed by atoms with E-state index >= 15 is 0 Å². The lowest BCUT2D eigenvalue weighted by Gasteiger charge is -2.26. The van der Waals surface area contributed by atoms with E-state index in [9.17, 15) is 0 Å². The van der Waals surface area contributed by atoms with Gasteiger partial charge < -0.3 is 19.7 Å². The first-order valence-corrected chi connectivity index (χ1v) is 7.35. The van der Waals surface area contributed by atoms with Crippen LogP contribution in [0.3, 0.4) is 0 Å². The summed E-state index contributed by atoms with van der Waals surface area (Å²) >= 11 is 0. The minimum Gasteiger partial charge on any atom is -0.381 e. The van der Waals surface area contributed by atoms with Crippen LogP contribution in [0.15, 0.2) is 4.99 Å². The molecule has 1 rings (SSSR count). The summed E-state index contributed by atoms with van der Waals surface area (Å²) in [6.45, 7) is 7.20. The fourth-order valence-electron chi connectivity index (χ4n) is 2.28. The maximum atomic E-state index is 5.39. The molecule has 1 aliphatic rings. The van der Waals surface area contributed by atoms with Gasteiger partial charge >= 0.3 is 0 Å². The zero-order valence-electron chi connectivity index (χ0n) is 12.7. The van der Waals surface area contributed by atoms with Gasteiger partial charge in [-0.3, -0.25) is 4.99 Å². The highest BCUT2D eigenvalue weighted by Crippen LogP contribution is 2.18. The van der Waals surface area contributed by atoms with E-state index in [1.807, 2.05) is 14.0 Å². The highest BCUT2D eigenvalue weighted by atomic mass is 16.5. The van der Waals surface area contributed by atoms with E-state index in [1.165, 1.54) is 19.3 Å². The molecule has 5 nitrogen and oxygen atoms in total. The van der Waals surface area contributed by atoms with Crippen molar-refractivity contribution in [1.82, 2.24) is 10.2 Å². The van der Waals surface area contributed by atoms with Crippen molar-refractivity contribution in [3.63, 3.8) is 0 Å². The molecule has 0 radical (unpaired) electrons. The Hall–Kier alpha value is -0.810. The van der Waals surface area contributed by atoms with Gasteiger partial charge in [0.2, 0.25) is 0 Å². The Morgan fingerprint density at radius 2 is 2.16 bits per heavy atom. The third-order valence-electron chi connectivity index (χ3n) is 3.52. The normalized spacial score (nSPS) is 17.5. The zero-order chi connectivity index (χ0) is 13.9. The number of guanidine groups is 1. The summed E-state index contributed by atoms with van der Waals surface area (Å²) in [5, 5.41) is 3.32. The Bertz CT molecular complexity index is 253. The van der Waals surface area contributed by atoms with E-state index in [1.54, 1.807) is 0 Å². The number of hydrogen-bond donors (Lipinski definition) is 1. The van der Waals surface area contributed by atoms with Crippen molar-refractivity contribution in [3.05, 3.63) is 0 Å². The van der Waals surface area contributed by atoms with Crippen LogP contribution in [-0.2, 0) is 9.47 Å². The van der Waals surface area contributed by atoms with Crippen LogP contribution in [0.4, 0.5) is 0 Å². The van der Waals surface area contributed by atoms with Gasteiger partial charge in [-0.05, 0) is 32.1 Å². The Labute approximate surface area is 117 Å². The third kappa shape index (κ3) is 6.78. The predicted octanol–water partition coefficient (Wildman–Crippen LogP) is 1.35. The standard InChI is InChI=1S/C14H29N3O2/c1-4-18-12-8-16-14(15-2)17(3)9-5-13-6-10-19-11-7-13/h13H,4-12H2,1-3H3,(H,15,16). The van der Waals surface area contributed by atoms with E-state index in [0.717, 1.165) is 51.4 Å². The minimum atomic E-state index is 0.726. The summed E-state index contributed by atoms with van der Waals surface area (Å²) in [6.07, 6.45) is 3.61. The number of rotatable bonds is 7. The van der Waals surface area contributed by atoms with Crippen LogP contribution in [0, 0.1) is 5.92 Å². The molecule has 1 N–H and O–H groups in total. The molecule has 0 saturated carbocycles. The molecular formula is C14H29N3O2. The molecule has 1 aliphatic heterocycles. The van der Waals surface area contributed by atoms with E-state index in [0.29, 0.717) is 0 Å². The molecule has 1 saturated heterocycles. The molecule has 0 spiro atoms. The number of hydrogen-bond acceptors (Lipinski definition) is 3. The average molecular weight is 271 g/mol. The van der Waals surface area contributed by atoms with E-state index in [-0.39, 0.29) is 0 Å². The van der Waals surface area contributed by atoms with Gasteiger partial charge in [0.15, 0.2) is 5.96 Å². The van der Waals surface area contributed by atoms with Gasteiger partial charge in [-0.15, -0.1) is 0 Å². The Morgan fingerprint density at radius 1 is 1.42 bits per heavy atom. The van der Waals surface area contributed by atoms with Gasteiger partial charge in [0.05, 0.1) is 6.61 Å². The Morgan fingerprint density at radius 3 is 2.79 bits per heavy atom. The van der Waals surface area contributed by atoms with Gasteiger partial charge in [-0.25, -0.2) is 0 Å². The molecule has 0 aromatic carbocycles. The SMILES string of the molecule is CCOCCNC(=NC)N(C)CCC1CCOCC1. The van der Waals surface area contributed by atoms with Crippen molar-refractivity contribution < 1.29 is 9.47 Å². The number of nitrogens with zero attached hydrogens (tertiary/aromatic N) is 2. The molecule has 19 heavy (non-hydrogen) atoms.